The number of rotatable bonds is 11. The van der Waals surface area contributed by atoms with Crippen molar-refractivity contribution >= 4 is 36.2 Å². The van der Waals surface area contributed by atoms with E-state index in [-0.39, 0.29) is 49.2 Å². The van der Waals surface area contributed by atoms with Crippen molar-refractivity contribution in [3.8, 4) is 0 Å². The van der Waals surface area contributed by atoms with Crippen LogP contribution >= 0.6 is 12.4 Å². The number of aryl methyl sites for hydroxylation is 1. The third-order valence-electron chi connectivity index (χ3n) is 5.55. The van der Waals surface area contributed by atoms with Gasteiger partial charge >= 0.3 is 5.97 Å². The summed E-state index contributed by atoms with van der Waals surface area (Å²) in [6, 6.07) is 9.75. The Morgan fingerprint density at radius 3 is 2.56 bits per heavy atom. The quantitative estimate of drug-likeness (QED) is 0.146. The van der Waals surface area contributed by atoms with Crippen LogP contribution in [0.4, 0.5) is 0 Å². The van der Waals surface area contributed by atoms with Crippen molar-refractivity contribution in [2.75, 3.05) is 26.7 Å². The molecule has 9 nitrogen and oxygen atoms in total. The Balaban J connectivity index is 0.00000512. The number of amides is 2. The van der Waals surface area contributed by atoms with Crippen LogP contribution in [0, 0.1) is 5.41 Å². The second-order valence-electron chi connectivity index (χ2n) is 7.98. The highest BCUT2D eigenvalue weighted by molar-refractivity contribution is 6.04. The fraction of sp³-hybridized carbons (Fsp3) is 0.545. The van der Waals surface area contributed by atoms with Crippen LogP contribution in [0.15, 0.2) is 35.3 Å². The molecule has 2 rings (SSSR count). The number of aliphatic imine (C=N–C) groups is 1. The minimum Gasteiger partial charge on any atom is -0.468 e. The third-order valence-corrected chi connectivity index (χ3v) is 5.55. The van der Waals surface area contributed by atoms with Gasteiger partial charge in [-0.05, 0) is 38.2 Å². The van der Waals surface area contributed by atoms with Crippen molar-refractivity contribution in [3.63, 3.8) is 0 Å². The van der Waals surface area contributed by atoms with E-state index in [0.29, 0.717) is 25.9 Å². The molecule has 2 atom stereocenters. The van der Waals surface area contributed by atoms with Crippen molar-refractivity contribution in [2.45, 2.75) is 45.1 Å². The van der Waals surface area contributed by atoms with E-state index in [1.54, 1.807) is 11.8 Å². The predicted molar refractivity (Wildman–Crippen MR) is 125 cm³/mol. The number of esters is 1. The van der Waals surface area contributed by atoms with E-state index in [9.17, 15) is 14.4 Å². The van der Waals surface area contributed by atoms with E-state index in [0.717, 1.165) is 12.8 Å². The van der Waals surface area contributed by atoms with Crippen LogP contribution in [0.25, 0.3) is 0 Å². The Bertz CT molecular complexity index is 801. The maximum Gasteiger partial charge on any atom is 0.321 e. The number of hydrogen-bond acceptors (Lipinski definition) is 5. The zero-order valence-electron chi connectivity index (χ0n) is 18.7. The zero-order chi connectivity index (χ0) is 22.9. The number of methoxy groups -OCH3 is 1. The molecule has 0 aliphatic carbocycles. The highest BCUT2D eigenvalue weighted by Crippen LogP contribution is 2.37. The molecule has 0 saturated carbocycles. The van der Waals surface area contributed by atoms with Crippen molar-refractivity contribution in [1.29, 1.82) is 0 Å². The van der Waals surface area contributed by atoms with Crippen molar-refractivity contribution < 1.29 is 19.1 Å². The normalized spacial score (nSPS) is 19.8. The molecule has 0 aromatic heterocycles. The minimum absolute atomic E-state index is 0. The summed E-state index contributed by atoms with van der Waals surface area (Å²) in [5.41, 5.74) is 10.5. The van der Waals surface area contributed by atoms with Gasteiger partial charge in [-0.25, -0.2) is 0 Å². The van der Waals surface area contributed by atoms with Gasteiger partial charge in [-0.1, -0.05) is 30.3 Å². The van der Waals surface area contributed by atoms with Crippen LogP contribution in [0.3, 0.4) is 0 Å². The number of guanidine groups is 1. The van der Waals surface area contributed by atoms with E-state index in [2.05, 4.69) is 10.3 Å². The number of benzene rings is 1. The van der Waals surface area contributed by atoms with Crippen LogP contribution in [-0.2, 0) is 25.5 Å². The molecule has 5 N–H and O–H groups in total. The molecule has 0 radical (unpaired) electrons. The van der Waals surface area contributed by atoms with Crippen LogP contribution in [0.5, 0.6) is 0 Å². The zero-order valence-corrected chi connectivity index (χ0v) is 19.5. The van der Waals surface area contributed by atoms with E-state index >= 15 is 0 Å². The SMILES string of the molecule is COC(=O)[C@@]1(C)C[C@@H](CNC(=O)CCCN=C(N)N)N(CCCc2ccccc2)C1=O.Cl. The monoisotopic (exact) mass is 467 g/mol. The summed E-state index contributed by atoms with van der Waals surface area (Å²) in [4.78, 5) is 43.1. The van der Waals surface area contributed by atoms with Crippen molar-refractivity contribution in [3.05, 3.63) is 35.9 Å². The Morgan fingerprint density at radius 1 is 1.25 bits per heavy atom. The highest BCUT2D eigenvalue weighted by atomic mass is 35.5. The summed E-state index contributed by atoms with van der Waals surface area (Å²) in [5.74, 6) is -0.941. The van der Waals surface area contributed by atoms with Gasteiger partial charge < -0.3 is 26.4 Å². The molecule has 178 valence electrons. The molecule has 1 heterocycles. The molecular weight excluding hydrogens is 434 g/mol. The summed E-state index contributed by atoms with van der Waals surface area (Å²) in [7, 11) is 1.28. The number of hydrogen-bond donors (Lipinski definition) is 3. The number of carbonyl (C=O) groups is 3. The van der Waals surface area contributed by atoms with Gasteiger partial charge in [0.1, 0.15) is 5.41 Å². The van der Waals surface area contributed by atoms with Crippen LogP contribution in [-0.4, -0.2) is 61.4 Å². The van der Waals surface area contributed by atoms with Crippen LogP contribution in [0.1, 0.15) is 38.2 Å². The number of likely N-dealkylation sites (tertiary alicyclic amines) is 1. The molecule has 10 heteroatoms. The second kappa shape index (κ2) is 12.9. The molecule has 1 saturated heterocycles. The summed E-state index contributed by atoms with van der Waals surface area (Å²) in [6.45, 7) is 2.78. The third kappa shape index (κ3) is 7.40. The molecule has 0 unspecified atom stereocenters. The lowest BCUT2D eigenvalue weighted by Crippen LogP contribution is -2.43. The molecule has 2 amide bonds. The minimum atomic E-state index is -1.23. The smallest absolute Gasteiger partial charge is 0.321 e. The fourth-order valence-electron chi connectivity index (χ4n) is 3.88. The molecule has 1 aliphatic rings. The Kier molecular flexibility index (Phi) is 11.0. The summed E-state index contributed by atoms with van der Waals surface area (Å²) >= 11 is 0. The standard InChI is InChI=1S/C22H33N5O4.ClH/c1-22(20(30)31-2)14-17(15-26-18(28)11-6-12-25-21(23)24)27(19(22)29)13-7-10-16-8-4-3-5-9-16;/h3-5,8-9,17H,6-7,10-15H2,1-2H3,(H,26,28)(H4,23,24,25);1H/t17-,22-;/m0./s1. The van der Waals surface area contributed by atoms with E-state index in [4.69, 9.17) is 16.2 Å². The molecule has 1 aliphatic heterocycles. The maximum atomic E-state index is 13.1. The first-order valence-electron chi connectivity index (χ1n) is 10.5. The number of halogens is 1. The number of carbonyl (C=O) groups excluding carboxylic acids is 3. The van der Waals surface area contributed by atoms with Crippen molar-refractivity contribution in [2.24, 2.45) is 21.9 Å². The van der Waals surface area contributed by atoms with E-state index in [1.165, 1.54) is 12.7 Å². The van der Waals surface area contributed by atoms with Gasteiger partial charge in [0.25, 0.3) is 0 Å². The number of nitrogens with one attached hydrogen (secondary N) is 1. The van der Waals surface area contributed by atoms with Gasteiger partial charge in [0.05, 0.1) is 13.2 Å². The predicted octanol–water partition coefficient (Wildman–Crippen LogP) is 0.991. The lowest BCUT2D eigenvalue weighted by molar-refractivity contribution is -0.157. The second-order valence-corrected chi connectivity index (χ2v) is 7.98. The van der Waals surface area contributed by atoms with Crippen LogP contribution < -0.4 is 16.8 Å². The summed E-state index contributed by atoms with van der Waals surface area (Å²) in [5, 5.41) is 2.87. The van der Waals surface area contributed by atoms with Gasteiger partial charge in [0.2, 0.25) is 11.8 Å². The Hall–Kier alpha value is -2.81. The Morgan fingerprint density at radius 2 is 1.94 bits per heavy atom. The lowest BCUT2D eigenvalue weighted by atomic mass is 9.87. The molecule has 0 spiro atoms. The summed E-state index contributed by atoms with van der Waals surface area (Å²) < 4.78 is 4.88. The lowest BCUT2D eigenvalue weighted by Gasteiger charge is -2.25. The first-order valence-corrected chi connectivity index (χ1v) is 10.5. The number of ether oxygens (including phenoxy) is 1. The largest absolute Gasteiger partial charge is 0.468 e. The first kappa shape index (κ1) is 27.2. The average molecular weight is 468 g/mol. The first-order chi connectivity index (χ1) is 14.8. The van der Waals surface area contributed by atoms with Gasteiger partial charge in [0.15, 0.2) is 5.96 Å². The molecule has 1 aromatic carbocycles. The Labute approximate surface area is 195 Å². The van der Waals surface area contributed by atoms with E-state index in [1.807, 2.05) is 30.3 Å². The van der Waals surface area contributed by atoms with Crippen molar-refractivity contribution in [1.82, 2.24) is 10.2 Å². The molecule has 0 bridgehead atoms. The van der Waals surface area contributed by atoms with Gasteiger partial charge in [-0.3, -0.25) is 19.4 Å². The van der Waals surface area contributed by atoms with Gasteiger partial charge in [-0.2, -0.15) is 0 Å². The topological polar surface area (TPSA) is 140 Å². The summed E-state index contributed by atoms with van der Waals surface area (Å²) in [6.07, 6.45) is 2.69. The fourth-order valence-corrected chi connectivity index (χ4v) is 3.88. The average Bonchev–Trinajstić information content (AvgIpc) is 3.00. The number of nitrogens with two attached hydrogens (primary N) is 2. The van der Waals surface area contributed by atoms with E-state index < -0.39 is 11.4 Å². The van der Waals surface area contributed by atoms with Crippen LogP contribution in [0.2, 0.25) is 0 Å². The van der Waals surface area contributed by atoms with Gasteiger partial charge in [0, 0.05) is 26.1 Å². The molecule has 1 fully saturated rings. The molecule has 32 heavy (non-hydrogen) atoms. The number of nitrogens with zero attached hydrogens (tertiary/aromatic N) is 2. The maximum absolute atomic E-state index is 13.1. The highest BCUT2D eigenvalue weighted by Gasteiger charge is 2.53. The molecule has 1 aromatic rings. The van der Waals surface area contributed by atoms with Gasteiger partial charge in [-0.15, -0.1) is 12.4 Å². The molecular formula is C22H34ClN5O4.